The molecule has 6 rings (SSSR count). The van der Waals surface area contributed by atoms with E-state index in [1.54, 1.807) is 4.90 Å². The summed E-state index contributed by atoms with van der Waals surface area (Å²) in [6.45, 7) is 17.0. The zero-order valence-corrected chi connectivity index (χ0v) is 36.9. The molecule has 4 fully saturated rings. The number of anilines is 1. The summed E-state index contributed by atoms with van der Waals surface area (Å²) in [6.07, 6.45) is 5.32. The van der Waals surface area contributed by atoms with Gasteiger partial charge in [-0.15, -0.1) is 0 Å². The molecule has 3 amide bonds. The van der Waals surface area contributed by atoms with Crippen LogP contribution in [0.5, 0.6) is 0 Å². The SMILES string of the molecule is CC(C)C(CN1CCCC1C(=O)N1CCCC1C(=O)OC(CN1CCN(c2ccccc2)CC1)c1ccccc1)N(C)C(=O)C(NC(=O)C1CCCCN1C)C(C)(C)C. The number of likely N-dealkylation sites (N-methyl/N-ethyl adjacent to an activating group) is 2. The third kappa shape index (κ3) is 11.0. The summed E-state index contributed by atoms with van der Waals surface area (Å²) in [7, 11) is 3.83. The predicted octanol–water partition coefficient (Wildman–Crippen LogP) is 5.05. The number of piperidine rings is 1. The fraction of sp³-hybridized carbons (Fsp3) is 0.660. The third-order valence-electron chi connectivity index (χ3n) is 13.3. The van der Waals surface area contributed by atoms with Gasteiger partial charge in [-0.2, -0.15) is 0 Å². The first-order valence-corrected chi connectivity index (χ1v) is 22.3. The number of para-hydroxylation sites is 1. The van der Waals surface area contributed by atoms with E-state index in [1.807, 2.05) is 76.2 Å². The first kappa shape index (κ1) is 44.5. The molecular weight excluding hydrogens is 743 g/mol. The Morgan fingerprint density at radius 1 is 0.763 bits per heavy atom. The van der Waals surface area contributed by atoms with Crippen molar-refractivity contribution >= 4 is 29.4 Å². The molecule has 324 valence electrons. The molecule has 6 atom stereocenters. The number of hydrogen-bond donors (Lipinski definition) is 1. The van der Waals surface area contributed by atoms with E-state index in [4.69, 9.17) is 4.74 Å². The molecule has 2 aromatic carbocycles. The van der Waals surface area contributed by atoms with Gasteiger partial charge in [0.15, 0.2) is 0 Å². The van der Waals surface area contributed by atoms with Gasteiger partial charge in [-0.05, 0) is 87.7 Å². The standard InChI is InChI=1S/C47H71N7O5/c1-34(2)40(50(7)45(57)42(47(3,4)5)48-43(55)37-22-14-15-25-49(37)6)32-53-26-16-23-38(53)44(56)54-27-17-24-39(54)46(58)59-41(35-18-10-8-11-19-35)33-51-28-30-52(31-29-51)36-20-12-9-13-21-36/h8-13,18-21,34,37-42H,14-17,22-33H2,1-7H3,(H,48,55). The number of ether oxygens (including phenoxy) is 1. The van der Waals surface area contributed by atoms with Crippen molar-refractivity contribution in [2.75, 3.05) is 77.9 Å². The molecule has 0 aliphatic carbocycles. The molecule has 4 aliphatic rings. The molecule has 0 bridgehead atoms. The fourth-order valence-corrected chi connectivity index (χ4v) is 9.63. The van der Waals surface area contributed by atoms with Gasteiger partial charge < -0.3 is 24.8 Å². The summed E-state index contributed by atoms with van der Waals surface area (Å²) >= 11 is 0. The Morgan fingerprint density at radius 2 is 1.39 bits per heavy atom. The van der Waals surface area contributed by atoms with Crippen LogP contribution in [0.4, 0.5) is 5.69 Å². The largest absolute Gasteiger partial charge is 0.455 e. The number of rotatable bonds is 14. The zero-order chi connectivity index (χ0) is 42.3. The molecule has 6 unspecified atom stereocenters. The van der Waals surface area contributed by atoms with Crippen molar-refractivity contribution in [3.05, 3.63) is 66.2 Å². The second-order valence-electron chi connectivity index (χ2n) is 18.9. The minimum Gasteiger partial charge on any atom is -0.455 e. The van der Waals surface area contributed by atoms with E-state index in [-0.39, 0.29) is 47.7 Å². The van der Waals surface area contributed by atoms with Gasteiger partial charge in [0.05, 0.1) is 12.1 Å². The van der Waals surface area contributed by atoms with E-state index in [0.717, 1.165) is 76.9 Å². The molecule has 4 heterocycles. The summed E-state index contributed by atoms with van der Waals surface area (Å²) in [6, 6.07) is 18.3. The lowest BCUT2D eigenvalue weighted by molar-refractivity contribution is -0.160. The molecule has 0 spiro atoms. The first-order valence-electron chi connectivity index (χ1n) is 22.3. The van der Waals surface area contributed by atoms with Gasteiger partial charge in [0.1, 0.15) is 18.2 Å². The van der Waals surface area contributed by atoms with E-state index in [9.17, 15) is 19.2 Å². The smallest absolute Gasteiger partial charge is 0.329 e. The number of hydrogen-bond acceptors (Lipinski definition) is 9. The van der Waals surface area contributed by atoms with Crippen LogP contribution >= 0.6 is 0 Å². The van der Waals surface area contributed by atoms with E-state index >= 15 is 0 Å². The number of nitrogens with one attached hydrogen (secondary N) is 1. The van der Waals surface area contributed by atoms with Crippen LogP contribution in [0.1, 0.15) is 91.2 Å². The van der Waals surface area contributed by atoms with Gasteiger partial charge in [0.2, 0.25) is 17.7 Å². The number of carbonyl (C=O) groups is 4. The Bertz CT molecular complexity index is 1700. The third-order valence-corrected chi connectivity index (χ3v) is 13.3. The zero-order valence-electron chi connectivity index (χ0n) is 36.9. The molecule has 0 radical (unpaired) electrons. The lowest BCUT2D eigenvalue weighted by Gasteiger charge is -2.41. The Labute approximate surface area is 353 Å². The number of carbonyl (C=O) groups excluding carboxylic acids is 4. The van der Waals surface area contributed by atoms with Crippen molar-refractivity contribution in [3.8, 4) is 0 Å². The van der Waals surface area contributed by atoms with Gasteiger partial charge in [0.25, 0.3) is 0 Å². The van der Waals surface area contributed by atoms with E-state index in [1.165, 1.54) is 5.69 Å². The summed E-state index contributed by atoms with van der Waals surface area (Å²) in [5.74, 6) is -0.457. The minimum absolute atomic E-state index is 0.0248. The van der Waals surface area contributed by atoms with Gasteiger partial charge in [0, 0.05) is 64.6 Å². The number of likely N-dealkylation sites (tertiary alicyclic amines) is 3. The molecule has 59 heavy (non-hydrogen) atoms. The van der Waals surface area contributed by atoms with Crippen LogP contribution in [0, 0.1) is 11.3 Å². The summed E-state index contributed by atoms with van der Waals surface area (Å²) in [5.41, 5.74) is 1.68. The van der Waals surface area contributed by atoms with Crippen molar-refractivity contribution in [2.45, 2.75) is 116 Å². The van der Waals surface area contributed by atoms with Crippen molar-refractivity contribution in [1.82, 2.24) is 29.8 Å². The van der Waals surface area contributed by atoms with Crippen molar-refractivity contribution in [3.63, 3.8) is 0 Å². The van der Waals surface area contributed by atoms with Crippen LogP contribution in [0.3, 0.4) is 0 Å². The van der Waals surface area contributed by atoms with E-state index in [0.29, 0.717) is 32.5 Å². The fourth-order valence-electron chi connectivity index (χ4n) is 9.63. The number of esters is 1. The predicted molar refractivity (Wildman–Crippen MR) is 233 cm³/mol. The Kier molecular flexibility index (Phi) is 15.1. The molecule has 4 aliphatic heterocycles. The van der Waals surface area contributed by atoms with Crippen molar-refractivity contribution in [1.29, 1.82) is 0 Å². The maximum Gasteiger partial charge on any atom is 0.329 e. The highest BCUT2D eigenvalue weighted by molar-refractivity contribution is 5.91. The minimum atomic E-state index is -0.692. The highest BCUT2D eigenvalue weighted by atomic mass is 16.5. The normalized spacial score (nSPS) is 23.8. The van der Waals surface area contributed by atoms with Gasteiger partial charge in [-0.25, -0.2) is 4.79 Å². The lowest BCUT2D eigenvalue weighted by Crippen LogP contribution is -2.61. The van der Waals surface area contributed by atoms with Crippen LogP contribution in [-0.4, -0.2) is 151 Å². The molecule has 4 saturated heterocycles. The van der Waals surface area contributed by atoms with E-state index in [2.05, 4.69) is 63.0 Å². The van der Waals surface area contributed by atoms with Crippen LogP contribution in [0.2, 0.25) is 0 Å². The Morgan fingerprint density at radius 3 is 2.03 bits per heavy atom. The van der Waals surface area contributed by atoms with Crippen LogP contribution in [0.25, 0.3) is 0 Å². The quantitative estimate of drug-likeness (QED) is 0.263. The highest BCUT2D eigenvalue weighted by Gasteiger charge is 2.44. The summed E-state index contributed by atoms with van der Waals surface area (Å²) in [5, 5.41) is 3.16. The maximum absolute atomic E-state index is 14.5. The summed E-state index contributed by atoms with van der Waals surface area (Å²) in [4.78, 5) is 69.3. The topological polar surface area (TPSA) is 109 Å². The number of amides is 3. The summed E-state index contributed by atoms with van der Waals surface area (Å²) < 4.78 is 6.40. The van der Waals surface area contributed by atoms with Crippen LogP contribution in [0.15, 0.2) is 60.7 Å². The molecule has 0 saturated carbocycles. The van der Waals surface area contributed by atoms with Crippen LogP contribution in [-0.2, 0) is 23.9 Å². The molecule has 12 nitrogen and oxygen atoms in total. The number of benzene rings is 2. The number of nitrogens with zero attached hydrogens (tertiary/aromatic N) is 6. The molecule has 1 N–H and O–H groups in total. The Hall–Kier alpha value is -4.00. The average Bonchev–Trinajstić information content (AvgIpc) is 3.92. The van der Waals surface area contributed by atoms with Gasteiger partial charge in [-0.1, -0.05) is 89.6 Å². The average molecular weight is 814 g/mol. The second kappa shape index (κ2) is 20.0. The first-order chi connectivity index (χ1) is 28.2. The molecule has 12 heteroatoms. The van der Waals surface area contributed by atoms with Crippen molar-refractivity contribution < 1.29 is 23.9 Å². The molecule has 2 aromatic rings. The monoisotopic (exact) mass is 814 g/mol. The van der Waals surface area contributed by atoms with Gasteiger partial charge in [-0.3, -0.25) is 29.1 Å². The molecular formula is C47H71N7O5. The highest BCUT2D eigenvalue weighted by Crippen LogP contribution is 2.30. The van der Waals surface area contributed by atoms with Crippen molar-refractivity contribution in [2.24, 2.45) is 11.3 Å². The number of piperazine rings is 1. The second-order valence-corrected chi connectivity index (χ2v) is 18.9. The lowest BCUT2D eigenvalue weighted by atomic mass is 9.84. The molecule has 0 aromatic heterocycles. The Balaban J connectivity index is 1.10. The van der Waals surface area contributed by atoms with Gasteiger partial charge >= 0.3 is 5.97 Å². The maximum atomic E-state index is 14.5. The van der Waals surface area contributed by atoms with Crippen LogP contribution < -0.4 is 10.2 Å². The van der Waals surface area contributed by atoms with E-state index < -0.39 is 23.6 Å².